The van der Waals surface area contributed by atoms with E-state index in [1.54, 1.807) is 12.1 Å². The molecule has 1 fully saturated rings. The second-order valence-corrected chi connectivity index (χ2v) is 7.24. The minimum atomic E-state index is -3.66. The van der Waals surface area contributed by atoms with Gasteiger partial charge in [-0.1, -0.05) is 31.4 Å². The number of rotatable bonds is 5. The zero-order valence-electron chi connectivity index (χ0n) is 12.0. The number of carbonyl (C=O) groups is 1. The number of amides is 1. The van der Waals surface area contributed by atoms with Crippen LogP contribution < -0.4 is 10.5 Å². The molecular formula is C15H22N2O3S. The average Bonchev–Trinajstić information content (AvgIpc) is 2.46. The van der Waals surface area contributed by atoms with Gasteiger partial charge in [0.15, 0.2) is 0 Å². The van der Waals surface area contributed by atoms with E-state index in [1.807, 2.05) is 0 Å². The topological polar surface area (TPSA) is 89.3 Å². The predicted molar refractivity (Wildman–Crippen MR) is 80.9 cm³/mol. The molecule has 0 spiro atoms. The lowest BCUT2D eigenvalue weighted by Crippen LogP contribution is -2.25. The Morgan fingerprint density at radius 3 is 2.33 bits per heavy atom. The maximum atomic E-state index is 11.9. The third-order valence-corrected chi connectivity index (χ3v) is 4.87. The molecule has 2 rings (SSSR count). The molecule has 1 aliphatic carbocycles. The highest BCUT2D eigenvalue weighted by atomic mass is 32.2. The molecule has 3 N–H and O–H groups in total. The Balaban J connectivity index is 1.81. The number of carbonyl (C=O) groups excluding carboxylic acids is 1. The minimum Gasteiger partial charge on any atom is -0.352 e. The van der Waals surface area contributed by atoms with Gasteiger partial charge in [-0.15, -0.1) is 0 Å². The lowest BCUT2D eigenvalue weighted by molar-refractivity contribution is -0.122. The molecule has 21 heavy (non-hydrogen) atoms. The Bertz CT molecular complexity index is 575. The smallest absolute Gasteiger partial charge is 0.238 e. The zero-order valence-corrected chi connectivity index (χ0v) is 12.9. The monoisotopic (exact) mass is 310 g/mol. The van der Waals surface area contributed by atoms with Crippen molar-refractivity contribution in [3.63, 3.8) is 0 Å². The fraction of sp³-hybridized carbons (Fsp3) is 0.533. The lowest BCUT2D eigenvalue weighted by atomic mass is 9.87. The van der Waals surface area contributed by atoms with E-state index in [9.17, 15) is 13.2 Å². The molecule has 0 unspecified atom stereocenters. The van der Waals surface area contributed by atoms with Gasteiger partial charge in [0.1, 0.15) is 0 Å². The molecule has 1 amide bonds. The number of sulfonamides is 1. The van der Waals surface area contributed by atoms with Crippen molar-refractivity contribution in [3.05, 3.63) is 29.8 Å². The van der Waals surface area contributed by atoms with Crippen molar-refractivity contribution in [2.45, 2.75) is 50.0 Å². The molecule has 0 atom stereocenters. The molecular weight excluding hydrogens is 288 g/mol. The van der Waals surface area contributed by atoms with E-state index in [4.69, 9.17) is 5.14 Å². The summed E-state index contributed by atoms with van der Waals surface area (Å²) in [4.78, 5) is 12.0. The third-order valence-electron chi connectivity index (χ3n) is 3.94. The van der Waals surface area contributed by atoms with E-state index >= 15 is 0 Å². The Labute approximate surface area is 126 Å². The highest BCUT2D eigenvalue weighted by molar-refractivity contribution is 7.89. The van der Waals surface area contributed by atoms with E-state index in [0.29, 0.717) is 18.9 Å². The molecule has 0 saturated heterocycles. The van der Waals surface area contributed by atoms with Gasteiger partial charge in [-0.3, -0.25) is 4.79 Å². The van der Waals surface area contributed by atoms with Gasteiger partial charge in [0.25, 0.3) is 0 Å². The summed E-state index contributed by atoms with van der Waals surface area (Å²) in [5, 5.41) is 7.92. The number of hydrogen-bond acceptors (Lipinski definition) is 3. The summed E-state index contributed by atoms with van der Waals surface area (Å²) in [6.07, 6.45) is 6.64. The molecule has 1 aromatic rings. The van der Waals surface area contributed by atoms with Crippen LogP contribution in [0.2, 0.25) is 0 Å². The Hall–Kier alpha value is -1.40. The maximum Gasteiger partial charge on any atom is 0.238 e. The van der Waals surface area contributed by atoms with Crippen LogP contribution in [-0.2, 0) is 21.4 Å². The molecule has 116 valence electrons. The summed E-state index contributed by atoms with van der Waals surface area (Å²) >= 11 is 0. The van der Waals surface area contributed by atoms with Crippen molar-refractivity contribution < 1.29 is 13.2 Å². The summed E-state index contributed by atoms with van der Waals surface area (Å²) in [7, 11) is -3.66. The normalized spacial score (nSPS) is 16.6. The van der Waals surface area contributed by atoms with Crippen LogP contribution in [0, 0.1) is 5.92 Å². The van der Waals surface area contributed by atoms with E-state index in [1.165, 1.54) is 31.4 Å². The fourth-order valence-corrected chi connectivity index (χ4v) is 3.24. The second-order valence-electron chi connectivity index (χ2n) is 5.67. The SMILES string of the molecule is NS(=O)(=O)c1ccc(CNC(=O)CC2CCCCC2)cc1. The molecule has 1 aliphatic rings. The van der Waals surface area contributed by atoms with Crippen molar-refractivity contribution >= 4 is 15.9 Å². The summed E-state index contributed by atoms with van der Waals surface area (Å²) in [5.74, 6) is 0.584. The van der Waals surface area contributed by atoms with Crippen LogP contribution in [-0.4, -0.2) is 14.3 Å². The van der Waals surface area contributed by atoms with E-state index in [-0.39, 0.29) is 10.8 Å². The van der Waals surface area contributed by atoms with Gasteiger partial charge in [-0.2, -0.15) is 0 Å². The van der Waals surface area contributed by atoms with E-state index in [0.717, 1.165) is 18.4 Å². The fourth-order valence-electron chi connectivity index (χ4n) is 2.72. The Morgan fingerprint density at radius 1 is 1.14 bits per heavy atom. The zero-order chi connectivity index (χ0) is 15.3. The lowest BCUT2D eigenvalue weighted by Gasteiger charge is -2.20. The first kappa shape index (κ1) is 16.0. The molecule has 5 nitrogen and oxygen atoms in total. The van der Waals surface area contributed by atoms with Crippen LogP contribution in [0.15, 0.2) is 29.2 Å². The number of benzene rings is 1. The molecule has 1 aromatic carbocycles. The minimum absolute atomic E-state index is 0.0671. The number of hydrogen-bond donors (Lipinski definition) is 2. The van der Waals surface area contributed by atoms with Crippen LogP contribution in [0.5, 0.6) is 0 Å². The number of nitrogens with two attached hydrogens (primary N) is 1. The largest absolute Gasteiger partial charge is 0.352 e. The first-order chi connectivity index (χ1) is 9.95. The Morgan fingerprint density at radius 2 is 1.76 bits per heavy atom. The van der Waals surface area contributed by atoms with Gasteiger partial charge in [0.05, 0.1) is 4.90 Å². The summed E-state index contributed by atoms with van der Waals surface area (Å²) in [6, 6.07) is 6.25. The number of nitrogens with one attached hydrogen (secondary N) is 1. The van der Waals surface area contributed by atoms with Gasteiger partial charge < -0.3 is 5.32 Å². The molecule has 0 aliphatic heterocycles. The van der Waals surface area contributed by atoms with Gasteiger partial charge in [-0.05, 0) is 36.5 Å². The molecule has 0 aromatic heterocycles. The molecule has 6 heteroatoms. The van der Waals surface area contributed by atoms with Crippen molar-refractivity contribution in [1.29, 1.82) is 0 Å². The van der Waals surface area contributed by atoms with Crippen LogP contribution >= 0.6 is 0 Å². The average molecular weight is 310 g/mol. The number of primary sulfonamides is 1. The van der Waals surface area contributed by atoms with Crippen molar-refractivity contribution in [3.8, 4) is 0 Å². The highest BCUT2D eigenvalue weighted by Gasteiger charge is 2.16. The first-order valence-corrected chi connectivity index (χ1v) is 8.88. The van der Waals surface area contributed by atoms with Gasteiger partial charge in [0.2, 0.25) is 15.9 Å². The quantitative estimate of drug-likeness (QED) is 0.870. The second kappa shape index (κ2) is 7.04. The molecule has 0 heterocycles. The van der Waals surface area contributed by atoms with Gasteiger partial charge in [0, 0.05) is 13.0 Å². The van der Waals surface area contributed by atoms with Crippen LogP contribution in [0.3, 0.4) is 0 Å². The summed E-state index contributed by atoms with van der Waals surface area (Å²) in [5.41, 5.74) is 0.861. The molecule has 0 bridgehead atoms. The van der Waals surface area contributed by atoms with Crippen molar-refractivity contribution in [2.75, 3.05) is 0 Å². The van der Waals surface area contributed by atoms with Gasteiger partial charge in [-0.25, -0.2) is 13.6 Å². The highest BCUT2D eigenvalue weighted by Crippen LogP contribution is 2.26. The molecule has 0 radical (unpaired) electrons. The maximum absolute atomic E-state index is 11.9. The van der Waals surface area contributed by atoms with Crippen LogP contribution in [0.25, 0.3) is 0 Å². The summed E-state index contributed by atoms with van der Waals surface area (Å²) in [6.45, 7) is 0.413. The third kappa shape index (κ3) is 5.13. The van der Waals surface area contributed by atoms with Crippen molar-refractivity contribution in [2.24, 2.45) is 11.1 Å². The van der Waals surface area contributed by atoms with Crippen LogP contribution in [0.4, 0.5) is 0 Å². The van der Waals surface area contributed by atoms with Crippen molar-refractivity contribution in [1.82, 2.24) is 5.32 Å². The van der Waals surface area contributed by atoms with Gasteiger partial charge >= 0.3 is 0 Å². The predicted octanol–water partition coefficient (Wildman–Crippen LogP) is 1.92. The first-order valence-electron chi connectivity index (χ1n) is 7.33. The molecule has 1 saturated carbocycles. The standard InChI is InChI=1S/C15H22N2O3S/c16-21(19,20)14-8-6-13(7-9-14)11-17-15(18)10-12-4-2-1-3-5-12/h6-9,12H,1-5,10-11H2,(H,17,18)(H2,16,19,20). The summed E-state index contributed by atoms with van der Waals surface area (Å²) < 4.78 is 22.3. The Kier molecular flexibility index (Phi) is 5.36. The van der Waals surface area contributed by atoms with E-state index in [2.05, 4.69) is 5.32 Å². The van der Waals surface area contributed by atoms with Crippen LogP contribution in [0.1, 0.15) is 44.1 Å². The van der Waals surface area contributed by atoms with E-state index < -0.39 is 10.0 Å².